The van der Waals surface area contributed by atoms with Crippen LogP contribution in [-0.2, 0) is 0 Å². The Labute approximate surface area is 181 Å². The summed E-state index contributed by atoms with van der Waals surface area (Å²) in [6.07, 6.45) is 3.48. The van der Waals surface area contributed by atoms with Gasteiger partial charge in [0.25, 0.3) is 5.91 Å². The van der Waals surface area contributed by atoms with Crippen molar-refractivity contribution in [3.63, 3.8) is 0 Å². The number of aromatic nitrogens is 4. The van der Waals surface area contributed by atoms with Crippen LogP contribution in [0.5, 0.6) is 0 Å². The normalized spacial score (nSPS) is 14.2. The van der Waals surface area contributed by atoms with Gasteiger partial charge in [0.2, 0.25) is 0 Å². The quantitative estimate of drug-likeness (QED) is 0.486. The number of hydrogen-bond donors (Lipinski definition) is 0. The largest absolute Gasteiger partial charge is 0.451 e. The molecule has 0 spiro atoms. The summed E-state index contributed by atoms with van der Waals surface area (Å²) in [7, 11) is 0. The molecule has 1 aliphatic heterocycles. The third-order valence-corrected chi connectivity index (χ3v) is 5.40. The van der Waals surface area contributed by atoms with Crippen molar-refractivity contribution in [3.8, 4) is 5.82 Å². The third kappa shape index (κ3) is 3.75. The van der Waals surface area contributed by atoms with Crippen LogP contribution < -0.4 is 10.3 Å². The second kappa shape index (κ2) is 7.84. The predicted octanol–water partition coefficient (Wildman–Crippen LogP) is 2.38. The van der Waals surface area contributed by atoms with Gasteiger partial charge in [0.05, 0.1) is 5.39 Å². The van der Waals surface area contributed by atoms with Gasteiger partial charge in [-0.15, -0.1) is 10.2 Å². The minimum atomic E-state index is -0.311. The molecule has 0 N–H and O–H groups in total. The molecule has 4 aromatic rings. The average molecular weight is 437 g/mol. The number of fused-ring (bicyclic) bond motifs is 1. The Hall–Kier alpha value is -3.72. The van der Waals surface area contributed by atoms with Gasteiger partial charge < -0.3 is 14.2 Å². The lowest BCUT2D eigenvalue weighted by Gasteiger charge is -2.34. The SMILES string of the molecule is O=C(c1cc(=O)c2cc(Cl)ccc2o1)N1CCN(c2ccc(-n3cccn3)nn2)CC1. The highest BCUT2D eigenvalue weighted by molar-refractivity contribution is 6.31. The molecule has 0 unspecified atom stereocenters. The first-order chi connectivity index (χ1) is 15.1. The Bertz CT molecular complexity index is 1300. The highest BCUT2D eigenvalue weighted by atomic mass is 35.5. The van der Waals surface area contributed by atoms with Crippen molar-refractivity contribution >= 4 is 34.3 Å². The maximum atomic E-state index is 12.9. The standard InChI is InChI=1S/C21H17ClN6O3/c22-14-2-3-17-15(12-14)16(29)13-18(31-17)21(30)27-10-8-26(9-11-27)19-4-5-20(25-24-19)28-7-1-6-23-28/h1-7,12-13H,8-11H2. The zero-order valence-electron chi connectivity index (χ0n) is 16.3. The van der Waals surface area contributed by atoms with Crippen molar-refractivity contribution in [3.05, 3.63) is 75.9 Å². The van der Waals surface area contributed by atoms with Crippen LogP contribution in [0.2, 0.25) is 5.02 Å². The van der Waals surface area contributed by atoms with Gasteiger partial charge in [-0.2, -0.15) is 5.10 Å². The van der Waals surface area contributed by atoms with E-state index in [9.17, 15) is 9.59 Å². The fourth-order valence-corrected chi connectivity index (χ4v) is 3.71. The van der Waals surface area contributed by atoms with Crippen LogP contribution >= 0.6 is 11.6 Å². The van der Waals surface area contributed by atoms with Crippen molar-refractivity contribution < 1.29 is 9.21 Å². The molecule has 1 amide bonds. The van der Waals surface area contributed by atoms with E-state index in [1.807, 2.05) is 18.2 Å². The fourth-order valence-electron chi connectivity index (χ4n) is 3.54. The van der Waals surface area contributed by atoms with E-state index in [2.05, 4.69) is 20.2 Å². The Morgan fingerprint density at radius 2 is 1.77 bits per heavy atom. The summed E-state index contributed by atoms with van der Waals surface area (Å²) in [5.41, 5.74) is 0.0460. The van der Waals surface area contributed by atoms with Crippen LogP contribution in [0.15, 0.2) is 64.1 Å². The zero-order chi connectivity index (χ0) is 21.4. The second-order valence-corrected chi connectivity index (χ2v) is 7.53. The molecule has 4 heterocycles. The van der Waals surface area contributed by atoms with Crippen molar-refractivity contribution in [2.24, 2.45) is 0 Å². The maximum absolute atomic E-state index is 12.9. The molecule has 3 aromatic heterocycles. The molecular formula is C21H17ClN6O3. The van der Waals surface area contributed by atoms with E-state index in [1.54, 1.807) is 34.1 Å². The number of amides is 1. The Balaban J connectivity index is 1.28. The lowest BCUT2D eigenvalue weighted by Crippen LogP contribution is -2.49. The maximum Gasteiger partial charge on any atom is 0.289 e. The number of carbonyl (C=O) groups is 1. The molecule has 156 valence electrons. The Morgan fingerprint density at radius 1 is 1.00 bits per heavy atom. The van der Waals surface area contributed by atoms with Crippen LogP contribution in [0.4, 0.5) is 5.82 Å². The first-order valence-electron chi connectivity index (χ1n) is 9.70. The number of nitrogens with zero attached hydrogens (tertiary/aromatic N) is 6. The summed E-state index contributed by atoms with van der Waals surface area (Å²) < 4.78 is 7.32. The molecule has 0 bridgehead atoms. The third-order valence-electron chi connectivity index (χ3n) is 5.17. The molecular weight excluding hydrogens is 420 g/mol. The molecule has 0 radical (unpaired) electrons. The van der Waals surface area contributed by atoms with Crippen LogP contribution in [0.3, 0.4) is 0 Å². The van der Waals surface area contributed by atoms with E-state index in [4.69, 9.17) is 16.0 Å². The van der Waals surface area contributed by atoms with E-state index in [1.165, 1.54) is 12.1 Å². The first kappa shape index (κ1) is 19.3. The molecule has 1 saturated heterocycles. The topological polar surface area (TPSA) is 97.4 Å². The van der Waals surface area contributed by atoms with E-state index in [0.717, 1.165) is 5.82 Å². The minimum absolute atomic E-state index is 0.0247. The molecule has 10 heteroatoms. The van der Waals surface area contributed by atoms with Gasteiger partial charge in [-0.25, -0.2) is 4.68 Å². The summed E-state index contributed by atoms with van der Waals surface area (Å²) in [6.45, 7) is 2.14. The van der Waals surface area contributed by atoms with Gasteiger partial charge in [-0.3, -0.25) is 9.59 Å². The molecule has 1 aromatic carbocycles. The summed E-state index contributed by atoms with van der Waals surface area (Å²) in [5.74, 6) is 1.08. The summed E-state index contributed by atoms with van der Waals surface area (Å²) in [4.78, 5) is 29.0. The van der Waals surface area contributed by atoms with Gasteiger partial charge in [-0.1, -0.05) is 11.6 Å². The van der Waals surface area contributed by atoms with Crippen molar-refractivity contribution in [2.75, 3.05) is 31.1 Å². The first-order valence-corrected chi connectivity index (χ1v) is 10.1. The lowest BCUT2D eigenvalue weighted by molar-refractivity contribution is 0.0715. The van der Waals surface area contributed by atoms with E-state index in [0.29, 0.717) is 48.0 Å². The van der Waals surface area contributed by atoms with Gasteiger partial charge in [0.15, 0.2) is 22.8 Å². The number of rotatable bonds is 3. The van der Waals surface area contributed by atoms with Crippen molar-refractivity contribution in [1.82, 2.24) is 24.9 Å². The average Bonchev–Trinajstić information content (AvgIpc) is 3.34. The summed E-state index contributed by atoms with van der Waals surface area (Å²) in [6, 6.07) is 11.5. The number of carbonyl (C=O) groups excluding carboxylic acids is 1. The predicted molar refractivity (Wildman–Crippen MR) is 115 cm³/mol. The van der Waals surface area contributed by atoms with Gasteiger partial charge in [-0.05, 0) is 36.4 Å². The van der Waals surface area contributed by atoms with Crippen LogP contribution in [-0.4, -0.2) is 57.0 Å². The number of halogens is 1. The van der Waals surface area contributed by atoms with Crippen LogP contribution in [0, 0.1) is 0 Å². The summed E-state index contributed by atoms with van der Waals surface area (Å²) in [5, 5.41) is 13.4. The lowest BCUT2D eigenvalue weighted by atomic mass is 10.2. The monoisotopic (exact) mass is 436 g/mol. The van der Waals surface area contributed by atoms with Gasteiger partial charge in [0.1, 0.15) is 5.58 Å². The van der Waals surface area contributed by atoms with Crippen molar-refractivity contribution in [1.29, 1.82) is 0 Å². The van der Waals surface area contributed by atoms with E-state index >= 15 is 0 Å². The minimum Gasteiger partial charge on any atom is -0.451 e. The Kier molecular flexibility index (Phi) is 4.87. The molecule has 1 fully saturated rings. The summed E-state index contributed by atoms with van der Waals surface area (Å²) >= 11 is 5.94. The number of benzene rings is 1. The molecule has 0 atom stereocenters. The molecule has 1 aliphatic rings. The fraction of sp³-hybridized carbons (Fsp3) is 0.190. The zero-order valence-corrected chi connectivity index (χ0v) is 17.1. The number of anilines is 1. The van der Waals surface area contributed by atoms with Crippen molar-refractivity contribution in [2.45, 2.75) is 0 Å². The van der Waals surface area contributed by atoms with E-state index < -0.39 is 0 Å². The van der Waals surface area contributed by atoms with Crippen LogP contribution in [0.25, 0.3) is 16.8 Å². The number of hydrogen-bond acceptors (Lipinski definition) is 7. The smallest absolute Gasteiger partial charge is 0.289 e. The highest BCUT2D eigenvalue weighted by Crippen LogP contribution is 2.20. The van der Waals surface area contributed by atoms with Gasteiger partial charge in [0, 0.05) is 49.7 Å². The number of piperazine rings is 1. The second-order valence-electron chi connectivity index (χ2n) is 7.09. The molecule has 5 rings (SSSR count). The Morgan fingerprint density at radius 3 is 2.48 bits per heavy atom. The van der Waals surface area contributed by atoms with Crippen LogP contribution in [0.1, 0.15) is 10.6 Å². The van der Waals surface area contributed by atoms with Gasteiger partial charge >= 0.3 is 0 Å². The molecule has 0 saturated carbocycles. The molecule has 9 nitrogen and oxygen atoms in total. The molecule has 31 heavy (non-hydrogen) atoms. The highest BCUT2D eigenvalue weighted by Gasteiger charge is 2.25. The molecule has 0 aliphatic carbocycles. The van der Waals surface area contributed by atoms with E-state index in [-0.39, 0.29) is 17.1 Å².